The van der Waals surface area contributed by atoms with Crippen LogP contribution >= 0.6 is 0 Å². The molecule has 0 aliphatic carbocycles. The summed E-state index contributed by atoms with van der Waals surface area (Å²) in [7, 11) is 0. The zero-order valence-electron chi connectivity index (χ0n) is 11.1. The summed E-state index contributed by atoms with van der Waals surface area (Å²) in [6.07, 6.45) is 4.98. The molecule has 0 spiro atoms. The number of hydrogen-bond acceptors (Lipinski definition) is 3. The van der Waals surface area contributed by atoms with E-state index in [4.69, 9.17) is 4.42 Å². The Kier molecular flexibility index (Phi) is 3.65. The maximum Gasteiger partial charge on any atom is 0.211 e. The number of carbonyl (C=O) groups excluding carboxylic acids is 1. The fraction of sp³-hybridized carbons (Fsp3) is 0.438. The van der Waals surface area contributed by atoms with Crippen molar-refractivity contribution in [3.8, 4) is 0 Å². The Balaban J connectivity index is 1.72. The van der Waals surface area contributed by atoms with Crippen molar-refractivity contribution in [3.63, 3.8) is 0 Å². The van der Waals surface area contributed by atoms with Crippen LogP contribution in [-0.4, -0.2) is 30.3 Å². The molecule has 1 fully saturated rings. The first-order chi connectivity index (χ1) is 9.33. The van der Waals surface area contributed by atoms with E-state index in [0.29, 0.717) is 12.3 Å². The van der Waals surface area contributed by atoms with Gasteiger partial charge in [-0.15, -0.1) is 0 Å². The molecule has 0 atom stereocenters. The van der Waals surface area contributed by atoms with Crippen molar-refractivity contribution in [2.24, 2.45) is 0 Å². The fourth-order valence-electron chi connectivity index (χ4n) is 2.69. The predicted molar refractivity (Wildman–Crippen MR) is 75.5 cm³/mol. The van der Waals surface area contributed by atoms with Gasteiger partial charge in [0, 0.05) is 5.39 Å². The second-order valence-corrected chi connectivity index (χ2v) is 5.26. The quantitative estimate of drug-likeness (QED) is 0.789. The summed E-state index contributed by atoms with van der Waals surface area (Å²) >= 11 is 0. The lowest BCUT2D eigenvalue weighted by Crippen LogP contribution is -2.30. The number of furan rings is 1. The number of Topliss-reactive ketones (excluding diaryl/α,β-unsaturated/α-hetero) is 1. The molecule has 2 heterocycles. The van der Waals surface area contributed by atoms with Crippen molar-refractivity contribution in [3.05, 3.63) is 36.1 Å². The van der Waals surface area contributed by atoms with E-state index in [1.807, 2.05) is 30.3 Å². The molecule has 19 heavy (non-hydrogen) atoms. The minimum absolute atomic E-state index is 0.0955. The van der Waals surface area contributed by atoms with E-state index >= 15 is 0 Å². The normalized spacial score (nSPS) is 17.5. The summed E-state index contributed by atoms with van der Waals surface area (Å²) in [5.41, 5.74) is 0.793. The molecule has 1 aromatic carbocycles. The Morgan fingerprint density at radius 3 is 2.58 bits per heavy atom. The summed E-state index contributed by atoms with van der Waals surface area (Å²) in [6, 6.07) is 9.62. The molecule has 0 radical (unpaired) electrons. The molecule has 3 rings (SSSR count). The maximum absolute atomic E-state index is 12.3. The Hall–Kier alpha value is -1.61. The molecule has 0 bridgehead atoms. The highest BCUT2D eigenvalue weighted by Gasteiger charge is 2.17. The summed E-state index contributed by atoms with van der Waals surface area (Å²) < 4.78 is 5.63. The van der Waals surface area contributed by atoms with E-state index in [1.54, 1.807) is 0 Å². The van der Waals surface area contributed by atoms with Crippen molar-refractivity contribution < 1.29 is 9.21 Å². The molecule has 1 saturated heterocycles. The summed E-state index contributed by atoms with van der Waals surface area (Å²) in [6.45, 7) is 2.55. The van der Waals surface area contributed by atoms with Gasteiger partial charge in [-0.1, -0.05) is 31.0 Å². The van der Waals surface area contributed by atoms with Gasteiger partial charge in [0.2, 0.25) is 5.78 Å². The number of carbonyl (C=O) groups is 1. The van der Waals surface area contributed by atoms with Crippen molar-refractivity contribution in [2.75, 3.05) is 19.6 Å². The van der Waals surface area contributed by atoms with E-state index in [2.05, 4.69) is 4.90 Å². The fourth-order valence-corrected chi connectivity index (χ4v) is 2.69. The lowest BCUT2D eigenvalue weighted by molar-refractivity contribution is 0.0907. The van der Waals surface area contributed by atoms with Crippen LogP contribution in [0.3, 0.4) is 0 Å². The van der Waals surface area contributed by atoms with E-state index in [1.165, 1.54) is 25.7 Å². The molecule has 0 N–H and O–H groups in total. The summed E-state index contributed by atoms with van der Waals surface area (Å²) in [5.74, 6) is 0.587. The highest BCUT2D eigenvalue weighted by atomic mass is 16.3. The van der Waals surface area contributed by atoms with E-state index in [-0.39, 0.29) is 5.78 Å². The number of likely N-dealkylation sites (tertiary alicyclic amines) is 1. The number of rotatable bonds is 3. The van der Waals surface area contributed by atoms with E-state index in [9.17, 15) is 4.79 Å². The lowest BCUT2D eigenvalue weighted by atomic mass is 10.2. The van der Waals surface area contributed by atoms with Crippen LogP contribution in [0.5, 0.6) is 0 Å². The van der Waals surface area contributed by atoms with E-state index in [0.717, 1.165) is 24.1 Å². The molecular formula is C16H19NO2. The van der Waals surface area contributed by atoms with Gasteiger partial charge >= 0.3 is 0 Å². The highest BCUT2D eigenvalue weighted by Crippen LogP contribution is 2.19. The second kappa shape index (κ2) is 5.57. The van der Waals surface area contributed by atoms with Crippen LogP contribution in [0.1, 0.15) is 36.2 Å². The van der Waals surface area contributed by atoms with Gasteiger partial charge in [0.05, 0.1) is 6.54 Å². The first-order valence-corrected chi connectivity index (χ1v) is 7.07. The van der Waals surface area contributed by atoms with Crippen LogP contribution in [0.4, 0.5) is 0 Å². The van der Waals surface area contributed by atoms with Crippen LogP contribution in [0, 0.1) is 0 Å². The molecule has 0 amide bonds. The first kappa shape index (κ1) is 12.4. The Labute approximate surface area is 113 Å². The smallest absolute Gasteiger partial charge is 0.211 e. The third-order valence-corrected chi connectivity index (χ3v) is 3.77. The number of fused-ring (bicyclic) bond motifs is 1. The molecule has 1 aliphatic rings. The third kappa shape index (κ3) is 2.87. The summed E-state index contributed by atoms with van der Waals surface area (Å²) in [5, 5.41) is 1.00. The number of ketones is 1. The topological polar surface area (TPSA) is 33.5 Å². The average molecular weight is 257 g/mol. The van der Waals surface area contributed by atoms with Gasteiger partial charge in [-0.25, -0.2) is 0 Å². The molecule has 3 nitrogen and oxygen atoms in total. The second-order valence-electron chi connectivity index (χ2n) is 5.26. The molecule has 3 heteroatoms. The van der Waals surface area contributed by atoms with Crippen LogP contribution in [0.2, 0.25) is 0 Å². The molecule has 2 aromatic rings. The van der Waals surface area contributed by atoms with Crippen LogP contribution in [-0.2, 0) is 0 Å². The standard InChI is InChI=1S/C16H19NO2/c18-14(12-17-9-5-1-2-6-10-17)16-11-13-7-3-4-8-15(13)19-16/h3-4,7-8,11H,1-2,5-6,9-10,12H2. The van der Waals surface area contributed by atoms with Crippen LogP contribution < -0.4 is 0 Å². The molecule has 100 valence electrons. The van der Waals surface area contributed by atoms with Gasteiger partial charge < -0.3 is 4.42 Å². The Morgan fingerprint density at radius 1 is 1.11 bits per heavy atom. The zero-order valence-corrected chi connectivity index (χ0v) is 11.1. The number of para-hydroxylation sites is 1. The van der Waals surface area contributed by atoms with Crippen LogP contribution in [0.15, 0.2) is 34.7 Å². The van der Waals surface area contributed by atoms with Gasteiger partial charge in [-0.2, -0.15) is 0 Å². The van der Waals surface area contributed by atoms with Crippen molar-refractivity contribution >= 4 is 16.8 Å². The molecule has 1 aliphatic heterocycles. The summed E-state index contributed by atoms with van der Waals surface area (Å²) in [4.78, 5) is 14.5. The van der Waals surface area contributed by atoms with Gasteiger partial charge in [0.1, 0.15) is 5.58 Å². The SMILES string of the molecule is O=C(CN1CCCCCC1)c1cc2ccccc2o1. The van der Waals surface area contributed by atoms with Gasteiger partial charge in [0.25, 0.3) is 0 Å². The van der Waals surface area contributed by atoms with Gasteiger partial charge in [-0.05, 0) is 38.1 Å². The highest BCUT2D eigenvalue weighted by molar-refractivity contribution is 5.98. The Morgan fingerprint density at radius 2 is 1.84 bits per heavy atom. The maximum atomic E-state index is 12.3. The number of benzene rings is 1. The molecule has 0 unspecified atom stereocenters. The predicted octanol–water partition coefficient (Wildman–Crippen LogP) is 3.49. The average Bonchev–Trinajstić information content (AvgIpc) is 2.70. The van der Waals surface area contributed by atoms with Crippen LogP contribution in [0.25, 0.3) is 11.0 Å². The van der Waals surface area contributed by atoms with Crippen molar-refractivity contribution in [1.82, 2.24) is 4.90 Å². The van der Waals surface area contributed by atoms with E-state index < -0.39 is 0 Å². The van der Waals surface area contributed by atoms with Crippen molar-refractivity contribution in [2.45, 2.75) is 25.7 Å². The number of nitrogens with zero attached hydrogens (tertiary/aromatic N) is 1. The molecule has 0 saturated carbocycles. The Bertz CT molecular complexity index is 532. The minimum Gasteiger partial charge on any atom is -0.453 e. The monoisotopic (exact) mass is 257 g/mol. The molecular weight excluding hydrogens is 238 g/mol. The lowest BCUT2D eigenvalue weighted by Gasteiger charge is -2.17. The molecule has 1 aromatic heterocycles. The zero-order chi connectivity index (χ0) is 13.1. The largest absolute Gasteiger partial charge is 0.453 e. The van der Waals surface area contributed by atoms with Crippen molar-refractivity contribution in [1.29, 1.82) is 0 Å². The minimum atomic E-state index is 0.0955. The van der Waals surface area contributed by atoms with Gasteiger partial charge in [0.15, 0.2) is 5.76 Å². The third-order valence-electron chi connectivity index (χ3n) is 3.77. The number of hydrogen-bond donors (Lipinski definition) is 0. The first-order valence-electron chi connectivity index (χ1n) is 7.07. The van der Waals surface area contributed by atoms with Gasteiger partial charge in [-0.3, -0.25) is 9.69 Å².